The van der Waals surface area contributed by atoms with E-state index in [1.165, 1.54) is 11.5 Å². The van der Waals surface area contributed by atoms with Gasteiger partial charge in [-0.2, -0.15) is 0 Å². The molecule has 0 N–H and O–H groups in total. The number of halogens is 1. The van der Waals surface area contributed by atoms with E-state index in [9.17, 15) is 0 Å². The normalized spacial score (nSPS) is 19.8. The molecular weight excluding hydrogens is 256 g/mol. The third kappa shape index (κ3) is 3.37. The van der Waals surface area contributed by atoms with Gasteiger partial charge in [0.25, 0.3) is 0 Å². The summed E-state index contributed by atoms with van der Waals surface area (Å²) in [4.78, 5) is 4.91. The molecule has 0 aromatic carbocycles. The van der Waals surface area contributed by atoms with Crippen LogP contribution in [-0.4, -0.2) is 51.1 Å². The molecule has 1 aromatic heterocycles. The standard InChI is InChI=1S/C11H19ClN4S/c1-11(2,3)16-6-4-15(5-7-16)8-9-10(12)17-14-13-9/h4-8H2,1-3H3. The zero-order chi connectivity index (χ0) is 12.5. The average molecular weight is 275 g/mol. The van der Waals surface area contributed by atoms with Crippen molar-refractivity contribution >= 4 is 23.1 Å². The van der Waals surface area contributed by atoms with Gasteiger partial charge in [0.05, 0.1) is 0 Å². The summed E-state index contributed by atoms with van der Waals surface area (Å²) in [7, 11) is 0. The Morgan fingerprint density at radius 3 is 2.35 bits per heavy atom. The van der Waals surface area contributed by atoms with E-state index in [2.05, 4.69) is 40.2 Å². The number of hydrogen-bond donors (Lipinski definition) is 0. The minimum Gasteiger partial charge on any atom is -0.296 e. The van der Waals surface area contributed by atoms with Crippen LogP contribution in [0.2, 0.25) is 4.34 Å². The highest BCUT2D eigenvalue weighted by molar-refractivity contribution is 7.10. The molecule has 1 fully saturated rings. The largest absolute Gasteiger partial charge is 0.296 e. The quantitative estimate of drug-likeness (QED) is 0.827. The third-order valence-corrected chi connectivity index (χ3v) is 4.19. The first-order valence-electron chi connectivity index (χ1n) is 5.91. The second-order valence-electron chi connectivity index (χ2n) is 5.43. The fraction of sp³-hybridized carbons (Fsp3) is 0.818. The summed E-state index contributed by atoms with van der Waals surface area (Å²) in [6.07, 6.45) is 0. The van der Waals surface area contributed by atoms with Gasteiger partial charge in [-0.15, -0.1) is 5.10 Å². The molecule has 96 valence electrons. The molecule has 0 aliphatic carbocycles. The molecule has 1 aromatic rings. The van der Waals surface area contributed by atoms with Crippen LogP contribution in [0.25, 0.3) is 0 Å². The maximum atomic E-state index is 6.02. The smallest absolute Gasteiger partial charge is 0.138 e. The molecule has 0 amide bonds. The Morgan fingerprint density at radius 1 is 1.24 bits per heavy atom. The molecule has 0 bridgehead atoms. The van der Waals surface area contributed by atoms with E-state index in [-0.39, 0.29) is 5.54 Å². The van der Waals surface area contributed by atoms with Crippen LogP contribution in [0, 0.1) is 0 Å². The van der Waals surface area contributed by atoms with Gasteiger partial charge in [0.2, 0.25) is 0 Å². The molecule has 0 atom stereocenters. The Morgan fingerprint density at radius 2 is 1.88 bits per heavy atom. The van der Waals surface area contributed by atoms with Gasteiger partial charge in [-0.25, -0.2) is 0 Å². The number of piperazine rings is 1. The number of aromatic nitrogens is 2. The molecule has 1 saturated heterocycles. The molecular formula is C11H19ClN4S. The van der Waals surface area contributed by atoms with Crippen LogP contribution >= 0.6 is 23.1 Å². The second-order valence-corrected chi connectivity index (χ2v) is 6.78. The van der Waals surface area contributed by atoms with Gasteiger partial charge in [0.1, 0.15) is 10.0 Å². The first-order chi connectivity index (χ1) is 7.97. The summed E-state index contributed by atoms with van der Waals surface area (Å²) < 4.78 is 4.59. The van der Waals surface area contributed by atoms with Gasteiger partial charge in [-0.3, -0.25) is 9.80 Å². The van der Waals surface area contributed by atoms with Crippen molar-refractivity contribution < 1.29 is 0 Å². The Labute approximate surface area is 112 Å². The Hall–Kier alpha value is -0.230. The molecule has 17 heavy (non-hydrogen) atoms. The molecule has 1 aliphatic heterocycles. The summed E-state index contributed by atoms with van der Waals surface area (Å²) in [5.74, 6) is 0. The molecule has 2 heterocycles. The monoisotopic (exact) mass is 274 g/mol. The molecule has 4 nitrogen and oxygen atoms in total. The van der Waals surface area contributed by atoms with E-state index in [0.717, 1.165) is 42.8 Å². The van der Waals surface area contributed by atoms with Gasteiger partial charge in [0.15, 0.2) is 0 Å². The summed E-state index contributed by atoms with van der Waals surface area (Å²) in [5.41, 5.74) is 1.19. The lowest BCUT2D eigenvalue weighted by Crippen LogP contribution is -2.53. The van der Waals surface area contributed by atoms with Gasteiger partial charge >= 0.3 is 0 Å². The van der Waals surface area contributed by atoms with Crippen molar-refractivity contribution in [2.24, 2.45) is 0 Å². The van der Waals surface area contributed by atoms with Gasteiger partial charge in [0, 0.05) is 49.8 Å². The van der Waals surface area contributed by atoms with Gasteiger partial charge in [-0.05, 0) is 20.8 Å². The van der Waals surface area contributed by atoms with Crippen molar-refractivity contribution in [3.8, 4) is 0 Å². The summed E-state index contributed by atoms with van der Waals surface area (Å²) in [6, 6.07) is 0. The van der Waals surface area contributed by atoms with E-state index in [1.54, 1.807) is 0 Å². The number of nitrogens with zero attached hydrogens (tertiary/aromatic N) is 4. The Balaban J connectivity index is 1.86. The van der Waals surface area contributed by atoms with E-state index in [1.807, 2.05) is 0 Å². The molecule has 0 spiro atoms. The fourth-order valence-electron chi connectivity index (χ4n) is 2.08. The summed E-state index contributed by atoms with van der Waals surface area (Å²) in [6.45, 7) is 12.0. The highest BCUT2D eigenvalue weighted by Gasteiger charge is 2.26. The molecule has 0 saturated carbocycles. The molecule has 1 aliphatic rings. The highest BCUT2D eigenvalue weighted by Crippen LogP contribution is 2.21. The van der Waals surface area contributed by atoms with Crippen LogP contribution in [-0.2, 0) is 6.54 Å². The maximum absolute atomic E-state index is 6.02. The van der Waals surface area contributed by atoms with Crippen LogP contribution in [0.5, 0.6) is 0 Å². The topological polar surface area (TPSA) is 32.3 Å². The van der Waals surface area contributed by atoms with Crippen LogP contribution in [0.3, 0.4) is 0 Å². The molecule has 0 radical (unpaired) electrons. The first kappa shape index (κ1) is 13.2. The molecule has 6 heteroatoms. The third-order valence-electron chi connectivity index (χ3n) is 3.20. The predicted molar refractivity (Wildman–Crippen MR) is 71.5 cm³/mol. The minimum absolute atomic E-state index is 0.270. The van der Waals surface area contributed by atoms with E-state index < -0.39 is 0 Å². The Bertz CT molecular complexity index is 366. The minimum atomic E-state index is 0.270. The zero-order valence-electron chi connectivity index (χ0n) is 10.6. The lowest BCUT2D eigenvalue weighted by atomic mass is 10.1. The van der Waals surface area contributed by atoms with Crippen molar-refractivity contribution in [1.29, 1.82) is 0 Å². The van der Waals surface area contributed by atoms with E-state index >= 15 is 0 Å². The predicted octanol–water partition coefficient (Wildman–Crippen LogP) is 2.11. The van der Waals surface area contributed by atoms with Gasteiger partial charge in [-0.1, -0.05) is 16.1 Å². The van der Waals surface area contributed by atoms with Crippen LogP contribution in [0.15, 0.2) is 0 Å². The lowest BCUT2D eigenvalue weighted by Gasteiger charge is -2.42. The van der Waals surface area contributed by atoms with Crippen molar-refractivity contribution in [3.63, 3.8) is 0 Å². The summed E-state index contributed by atoms with van der Waals surface area (Å²) in [5, 5.41) is 4.06. The van der Waals surface area contributed by atoms with Crippen molar-refractivity contribution in [1.82, 2.24) is 19.4 Å². The van der Waals surface area contributed by atoms with Crippen molar-refractivity contribution in [2.75, 3.05) is 26.2 Å². The summed E-state index contributed by atoms with van der Waals surface area (Å²) >= 11 is 7.28. The number of rotatable bonds is 2. The van der Waals surface area contributed by atoms with Crippen molar-refractivity contribution in [2.45, 2.75) is 32.9 Å². The number of hydrogen-bond acceptors (Lipinski definition) is 5. The first-order valence-corrected chi connectivity index (χ1v) is 7.06. The average Bonchev–Trinajstić information content (AvgIpc) is 2.64. The highest BCUT2D eigenvalue weighted by atomic mass is 35.5. The lowest BCUT2D eigenvalue weighted by molar-refractivity contribution is 0.0586. The van der Waals surface area contributed by atoms with Crippen molar-refractivity contribution in [3.05, 3.63) is 10.0 Å². The van der Waals surface area contributed by atoms with Gasteiger partial charge < -0.3 is 0 Å². The Kier molecular flexibility index (Phi) is 4.02. The van der Waals surface area contributed by atoms with E-state index in [0.29, 0.717) is 0 Å². The van der Waals surface area contributed by atoms with E-state index in [4.69, 9.17) is 11.6 Å². The molecule has 2 rings (SSSR count). The second kappa shape index (κ2) is 5.18. The van der Waals surface area contributed by atoms with Crippen LogP contribution < -0.4 is 0 Å². The maximum Gasteiger partial charge on any atom is 0.138 e. The fourth-order valence-corrected chi connectivity index (χ4v) is 2.69. The van der Waals surface area contributed by atoms with Crippen LogP contribution in [0.4, 0.5) is 0 Å². The van der Waals surface area contributed by atoms with Crippen LogP contribution in [0.1, 0.15) is 26.5 Å². The zero-order valence-corrected chi connectivity index (χ0v) is 12.2. The SMILES string of the molecule is CC(C)(C)N1CCN(Cc2nnsc2Cl)CC1. The molecule has 0 unspecified atom stereocenters.